The van der Waals surface area contributed by atoms with Gasteiger partial charge < -0.3 is 24.8 Å². The summed E-state index contributed by atoms with van der Waals surface area (Å²) in [7, 11) is 1.71. The Labute approximate surface area is 195 Å². The summed E-state index contributed by atoms with van der Waals surface area (Å²) in [5.74, 6) is 1.26. The van der Waals surface area contributed by atoms with Crippen LogP contribution >= 0.6 is 24.0 Å². The van der Waals surface area contributed by atoms with E-state index in [4.69, 9.17) is 9.47 Å². The minimum absolute atomic E-state index is 0. The molecule has 1 aromatic rings. The number of guanidine groups is 1. The van der Waals surface area contributed by atoms with Gasteiger partial charge in [0.25, 0.3) is 0 Å². The first-order valence-electron chi connectivity index (χ1n) is 10.2. The lowest BCUT2D eigenvalue weighted by atomic mass is 10.0. The van der Waals surface area contributed by atoms with Crippen molar-refractivity contribution in [3.8, 4) is 11.5 Å². The van der Waals surface area contributed by atoms with E-state index < -0.39 is 6.61 Å². The van der Waals surface area contributed by atoms with Crippen LogP contribution in [0, 0.1) is 5.41 Å². The van der Waals surface area contributed by atoms with Gasteiger partial charge in [-0.15, -0.1) is 24.0 Å². The fourth-order valence-electron chi connectivity index (χ4n) is 2.97. The molecule has 0 unspecified atom stereocenters. The molecule has 0 atom stereocenters. The second-order valence-electron chi connectivity index (χ2n) is 7.29. The molecule has 0 spiro atoms. The molecule has 0 amide bonds. The molecule has 0 heterocycles. The molecule has 9 heteroatoms. The van der Waals surface area contributed by atoms with Crippen LogP contribution in [0.4, 0.5) is 8.78 Å². The van der Waals surface area contributed by atoms with Gasteiger partial charge in [0.05, 0.1) is 13.2 Å². The second-order valence-corrected chi connectivity index (χ2v) is 7.29. The molecular weight excluding hydrogens is 507 g/mol. The monoisotopic (exact) mass is 541 g/mol. The van der Waals surface area contributed by atoms with Crippen molar-refractivity contribution in [1.29, 1.82) is 0 Å². The zero-order valence-electron chi connectivity index (χ0n) is 18.0. The topological polar surface area (TPSA) is 64.1 Å². The largest absolute Gasteiger partial charge is 0.493 e. The van der Waals surface area contributed by atoms with Gasteiger partial charge >= 0.3 is 6.61 Å². The Morgan fingerprint density at radius 2 is 1.97 bits per heavy atom. The zero-order chi connectivity index (χ0) is 21.1. The molecular formula is C21H34F2IN3O3. The highest BCUT2D eigenvalue weighted by Crippen LogP contribution is 2.48. The molecule has 1 aromatic carbocycles. The van der Waals surface area contributed by atoms with Gasteiger partial charge in [0, 0.05) is 38.4 Å². The van der Waals surface area contributed by atoms with Gasteiger partial charge in [0.1, 0.15) is 11.5 Å². The first kappa shape index (κ1) is 26.7. The van der Waals surface area contributed by atoms with Gasteiger partial charge in [-0.1, -0.05) is 6.92 Å². The van der Waals surface area contributed by atoms with Gasteiger partial charge in [-0.3, -0.25) is 0 Å². The number of nitrogens with one attached hydrogen (secondary N) is 2. The highest BCUT2D eigenvalue weighted by Gasteiger charge is 2.41. The maximum absolute atomic E-state index is 12.8. The molecule has 0 radical (unpaired) electrons. The van der Waals surface area contributed by atoms with Crippen LogP contribution < -0.4 is 20.1 Å². The summed E-state index contributed by atoms with van der Waals surface area (Å²) in [5, 5.41) is 6.57. The number of nitrogens with zero attached hydrogens (tertiary/aromatic N) is 1. The number of ether oxygens (including phenoxy) is 3. The lowest BCUT2D eigenvalue weighted by Crippen LogP contribution is -2.40. The third-order valence-electron chi connectivity index (χ3n) is 4.90. The zero-order valence-corrected chi connectivity index (χ0v) is 20.3. The summed E-state index contributed by atoms with van der Waals surface area (Å²) >= 11 is 0. The molecule has 1 aliphatic rings. The molecule has 6 nitrogen and oxygen atoms in total. The molecule has 0 saturated heterocycles. The number of aliphatic imine (C=N–C) groups is 1. The Morgan fingerprint density at radius 3 is 2.57 bits per heavy atom. The third kappa shape index (κ3) is 9.20. The van der Waals surface area contributed by atoms with E-state index in [1.165, 1.54) is 18.9 Å². The van der Waals surface area contributed by atoms with Crippen LogP contribution in [0.25, 0.3) is 0 Å². The van der Waals surface area contributed by atoms with Crippen molar-refractivity contribution in [3.63, 3.8) is 0 Å². The standard InChI is InChI=1S/C21H33F2N3O3.HI/c1-4-11-28-17-7-6-16(18(13-17)29-19(22)23)14-25-20(24-5-2)26-15-21(8-9-21)10-12-27-3;/h6-7,13,19H,4-5,8-12,14-15H2,1-3H3,(H2,24,25,26);1H. The molecule has 1 fully saturated rings. The fourth-order valence-corrected chi connectivity index (χ4v) is 2.97. The Hall–Kier alpha value is -1.36. The Bertz CT molecular complexity index is 658. The summed E-state index contributed by atoms with van der Waals surface area (Å²) in [4.78, 5) is 4.55. The molecule has 0 aromatic heterocycles. The van der Waals surface area contributed by atoms with E-state index in [-0.39, 0.29) is 41.7 Å². The Morgan fingerprint density at radius 1 is 1.20 bits per heavy atom. The van der Waals surface area contributed by atoms with Crippen LogP contribution in [0.1, 0.15) is 45.1 Å². The molecule has 30 heavy (non-hydrogen) atoms. The van der Waals surface area contributed by atoms with Crippen molar-refractivity contribution in [3.05, 3.63) is 23.8 Å². The number of alkyl halides is 2. The summed E-state index contributed by atoms with van der Waals surface area (Å²) in [6, 6.07) is 4.97. The number of rotatable bonds is 13. The molecule has 2 rings (SSSR count). The first-order valence-corrected chi connectivity index (χ1v) is 10.2. The van der Waals surface area contributed by atoms with Gasteiger partial charge in [-0.2, -0.15) is 8.78 Å². The summed E-state index contributed by atoms with van der Waals surface area (Å²) in [6.45, 7) is 4.07. The second kappa shape index (κ2) is 13.8. The fraction of sp³-hybridized carbons (Fsp3) is 0.667. The lowest BCUT2D eigenvalue weighted by molar-refractivity contribution is -0.0505. The molecule has 1 saturated carbocycles. The lowest BCUT2D eigenvalue weighted by Gasteiger charge is -2.18. The van der Waals surface area contributed by atoms with Crippen molar-refractivity contribution in [2.24, 2.45) is 10.4 Å². The smallest absolute Gasteiger partial charge is 0.387 e. The van der Waals surface area contributed by atoms with Gasteiger partial charge in [-0.05, 0) is 50.2 Å². The maximum Gasteiger partial charge on any atom is 0.387 e. The molecule has 2 N–H and O–H groups in total. The first-order chi connectivity index (χ1) is 14.0. The Kier molecular flexibility index (Phi) is 12.3. The SMILES string of the molecule is CCCOc1ccc(CN=C(NCC)NCC2(CCOC)CC2)c(OC(F)F)c1.I. The van der Waals surface area contributed by atoms with Crippen molar-refractivity contribution >= 4 is 29.9 Å². The van der Waals surface area contributed by atoms with E-state index in [2.05, 4.69) is 20.4 Å². The van der Waals surface area contributed by atoms with Crippen molar-refractivity contribution in [1.82, 2.24) is 10.6 Å². The van der Waals surface area contributed by atoms with Crippen molar-refractivity contribution < 1.29 is 23.0 Å². The van der Waals surface area contributed by atoms with Crippen LogP contribution in [-0.2, 0) is 11.3 Å². The Balaban J connectivity index is 0.00000450. The molecule has 1 aliphatic carbocycles. The van der Waals surface area contributed by atoms with Crippen molar-refractivity contribution in [2.75, 3.05) is 33.4 Å². The molecule has 0 aliphatic heterocycles. The quantitative estimate of drug-likeness (QED) is 0.218. The van der Waals surface area contributed by atoms with E-state index in [0.717, 1.165) is 26.0 Å². The highest BCUT2D eigenvalue weighted by molar-refractivity contribution is 14.0. The van der Waals surface area contributed by atoms with Crippen LogP contribution in [0.5, 0.6) is 11.5 Å². The van der Waals surface area contributed by atoms with Crippen LogP contribution in [0.3, 0.4) is 0 Å². The van der Waals surface area contributed by atoms with E-state index in [0.29, 0.717) is 30.4 Å². The van der Waals surface area contributed by atoms with Gasteiger partial charge in [0.15, 0.2) is 5.96 Å². The van der Waals surface area contributed by atoms with Crippen molar-refractivity contribution in [2.45, 2.75) is 52.7 Å². The number of benzene rings is 1. The summed E-state index contributed by atoms with van der Waals surface area (Å²) in [6.07, 6.45) is 4.20. The van der Waals surface area contributed by atoms with E-state index in [1.54, 1.807) is 19.2 Å². The summed E-state index contributed by atoms with van der Waals surface area (Å²) < 4.78 is 41.1. The van der Waals surface area contributed by atoms with Crippen LogP contribution in [-0.4, -0.2) is 46.0 Å². The predicted octanol–water partition coefficient (Wildman–Crippen LogP) is 4.57. The van der Waals surface area contributed by atoms with Gasteiger partial charge in [-0.25, -0.2) is 4.99 Å². The minimum Gasteiger partial charge on any atom is -0.493 e. The maximum atomic E-state index is 12.8. The van der Waals surface area contributed by atoms with Crippen LogP contribution in [0.2, 0.25) is 0 Å². The normalized spacial score (nSPS) is 14.8. The number of methoxy groups -OCH3 is 1. The predicted molar refractivity (Wildman–Crippen MR) is 125 cm³/mol. The number of hydrogen-bond acceptors (Lipinski definition) is 4. The average Bonchev–Trinajstić information content (AvgIpc) is 3.47. The van der Waals surface area contributed by atoms with Gasteiger partial charge in [0.2, 0.25) is 0 Å². The highest BCUT2D eigenvalue weighted by atomic mass is 127. The number of halogens is 3. The van der Waals surface area contributed by atoms with E-state index >= 15 is 0 Å². The third-order valence-corrected chi connectivity index (χ3v) is 4.90. The van der Waals surface area contributed by atoms with E-state index in [9.17, 15) is 8.78 Å². The molecule has 172 valence electrons. The average molecular weight is 541 g/mol. The van der Waals surface area contributed by atoms with Crippen LogP contribution in [0.15, 0.2) is 23.2 Å². The minimum atomic E-state index is -2.90. The molecule has 0 bridgehead atoms. The van der Waals surface area contributed by atoms with E-state index in [1.807, 2.05) is 13.8 Å². The summed E-state index contributed by atoms with van der Waals surface area (Å²) in [5.41, 5.74) is 0.848. The number of hydrogen-bond donors (Lipinski definition) is 2.